The summed E-state index contributed by atoms with van der Waals surface area (Å²) in [6.07, 6.45) is 0.101. The number of hydrogen-bond donors (Lipinski definition) is 1. The second kappa shape index (κ2) is 5.44. The molecule has 0 unspecified atom stereocenters. The van der Waals surface area contributed by atoms with E-state index in [1.165, 1.54) is 0 Å². The van der Waals surface area contributed by atoms with Crippen molar-refractivity contribution >= 4 is 11.8 Å². The van der Waals surface area contributed by atoms with Gasteiger partial charge in [0.2, 0.25) is 0 Å². The number of carboxylic acids is 1. The van der Waals surface area contributed by atoms with Crippen molar-refractivity contribution in [3.05, 3.63) is 17.8 Å². The molecule has 0 fully saturated rings. The smallest absolute Gasteiger partial charge is 0.305 e. The molecule has 0 saturated carbocycles. The predicted molar refractivity (Wildman–Crippen MR) is 61.6 cm³/mol. The van der Waals surface area contributed by atoms with Gasteiger partial charge in [0.1, 0.15) is 0 Å². The van der Waals surface area contributed by atoms with Crippen molar-refractivity contribution in [2.24, 2.45) is 0 Å². The maximum Gasteiger partial charge on any atom is 0.305 e. The SMILES string of the molecule is CC(C)c1ccc(N(C)CCC(=O)O)nn1. The molecule has 1 rings (SSSR count). The second-order valence-electron chi connectivity index (χ2n) is 4.04. The van der Waals surface area contributed by atoms with Gasteiger partial charge in [0.25, 0.3) is 0 Å². The van der Waals surface area contributed by atoms with Gasteiger partial charge in [-0.3, -0.25) is 4.79 Å². The lowest BCUT2D eigenvalue weighted by atomic mass is 10.1. The Kier molecular flexibility index (Phi) is 4.22. The fraction of sp³-hybridized carbons (Fsp3) is 0.545. The van der Waals surface area contributed by atoms with E-state index in [4.69, 9.17) is 5.11 Å². The summed E-state index contributed by atoms with van der Waals surface area (Å²) in [6.45, 7) is 4.54. The van der Waals surface area contributed by atoms with Crippen molar-refractivity contribution in [1.82, 2.24) is 10.2 Å². The van der Waals surface area contributed by atoms with Crippen LogP contribution in [0.15, 0.2) is 12.1 Å². The Morgan fingerprint density at radius 1 is 1.44 bits per heavy atom. The van der Waals surface area contributed by atoms with Crippen LogP contribution in [0.2, 0.25) is 0 Å². The van der Waals surface area contributed by atoms with Crippen molar-refractivity contribution in [2.45, 2.75) is 26.2 Å². The summed E-state index contributed by atoms with van der Waals surface area (Å²) >= 11 is 0. The Bertz CT molecular complexity index is 349. The zero-order valence-corrected chi connectivity index (χ0v) is 9.84. The van der Waals surface area contributed by atoms with Gasteiger partial charge in [0.15, 0.2) is 5.82 Å². The van der Waals surface area contributed by atoms with Gasteiger partial charge in [0, 0.05) is 13.6 Å². The highest BCUT2D eigenvalue weighted by atomic mass is 16.4. The number of aliphatic carboxylic acids is 1. The van der Waals surface area contributed by atoms with E-state index in [2.05, 4.69) is 24.0 Å². The van der Waals surface area contributed by atoms with Gasteiger partial charge in [-0.15, -0.1) is 5.10 Å². The molecular weight excluding hydrogens is 206 g/mol. The summed E-state index contributed by atoms with van der Waals surface area (Å²) in [4.78, 5) is 12.2. The molecule has 0 amide bonds. The fourth-order valence-electron chi connectivity index (χ4n) is 1.22. The fourth-order valence-corrected chi connectivity index (χ4v) is 1.22. The van der Waals surface area contributed by atoms with E-state index in [1.54, 1.807) is 4.90 Å². The first-order valence-corrected chi connectivity index (χ1v) is 5.27. The summed E-state index contributed by atoms with van der Waals surface area (Å²) in [5.74, 6) is 0.245. The number of nitrogens with zero attached hydrogens (tertiary/aromatic N) is 3. The Balaban J connectivity index is 2.62. The first-order chi connectivity index (χ1) is 7.50. The minimum absolute atomic E-state index is 0.101. The molecule has 0 atom stereocenters. The third-order valence-corrected chi connectivity index (χ3v) is 2.31. The molecule has 1 aromatic rings. The van der Waals surface area contributed by atoms with Crippen molar-refractivity contribution < 1.29 is 9.90 Å². The van der Waals surface area contributed by atoms with Crippen molar-refractivity contribution in [3.8, 4) is 0 Å². The van der Waals surface area contributed by atoms with E-state index in [-0.39, 0.29) is 6.42 Å². The molecular formula is C11H17N3O2. The summed E-state index contributed by atoms with van der Waals surface area (Å²) in [5, 5.41) is 16.7. The number of anilines is 1. The van der Waals surface area contributed by atoms with Crippen LogP contribution in [0.4, 0.5) is 5.82 Å². The predicted octanol–water partition coefficient (Wildman–Crippen LogP) is 1.51. The van der Waals surface area contributed by atoms with Gasteiger partial charge in [-0.2, -0.15) is 5.10 Å². The zero-order chi connectivity index (χ0) is 12.1. The Morgan fingerprint density at radius 2 is 2.12 bits per heavy atom. The molecule has 0 spiro atoms. The molecule has 5 nitrogen and oxygen atoms in total. The Hall–Kier alpha value is -1.65. The van der Waals surface area contributed by atoms with Crippen LogP contribution in [-0.2, 0) is 4.79 Å². The van der Waals surface area contributed by atoms with Crippen LogP contribution in [0.3, 0.4) is 0 Å². The number of rotatable bonds is 5. The van der Waals surface area contributed by atoms with Crippen molar-refractivity contribution in [2.75, 3.05) is 18.5 Å². The summed E-state index contributed by atoms with van der Waals surface area (Å²) in [5.41, 5.74) is 0.940. The third-order valence-electron chi connectivity index (χ3n) is 2.31. The lowest BCUT2D eigenvalue weighted by molar-refractivity contribution is -0.136. The Morgan fingerprint density at radius 3 is 2.56 bits per heavy atom. The van der Waals surface area contributed by atoms with E-state index in [9.17, 15) is 4.79 Å². The monoisotopic (exact) mass is 223 g/mol. The standard InChI is InChI=1S/C11H17N3O2/c1-8(2)9-4-5-10(13-12-9)14(3)7-6-11(15)16/h4-5,8H,6-7H2,1-3H3,(H,15,16). The molecule has 0 bridgehead atoms. The highest BCUT2D eigenvalue weighted by Crippen LogP contribution is 2.13. The Labute approximate surface area is 95.1 Å². The molecule has 16 heavy (non-hydrogen) atoms. The molecule has 0 aliphatic rings. The van der Waals surface area contributed by atoms with Crippen LogP contribution in [0, 0.1) is 0 Å². The lowest BCUT2D eigenvalue weighted by Gasteiger charge is -2.16. The van der Waals surface area contributed by atoms with Gasteiger partial charge in [-0.1, -0.05) is 13.8 Å². The molecule has 0 aromatic carbocycles. The van der Waals surface area contributed by atoms with Gasteiger partial charge in [-0.25, -0.2) is 0 Å². The lowest BCUT2D eigenvalue weighted by Crippen LogP contribution is -2.22. The topological polar surface area (TPSA) is 66.3 Å². The van der Waals surface area contributed by atoms with Gasteiger partial charge in [0.05, 0.1) is 12.1 Å². The number of carbonyl (C=O) groups is 1. The number of carboxylic acid groups (broad SMARTS) is 1. The minimum Gasteiger partial charge on any atom is -0.481 e. The van der Waals surface area contributed by atoms with Crippen LogP contribution in [0.25, 0.3) is 0 Å². The van der Waals surface area contributed by atoms with E-state index in [0.717, 1.165) is 5.69 Å². The largest absolute Gasteiger partial charge is 0.481 e. The third kappa shape index (κ3) is 3.49. The van der Waals surface area contributed by atoms with Crippen LogP contribution >= 0.6 is 0 Å². The molecule has 5 heteroatoms. The van der Waals surface area contributed by atoms with Crippen LogP contribution in [0.1, 0.15) is 31.9 Å². The molecule has 0 aliphatic carbocycles. The average molecular weight is 223 g/mol. The van der Waals surface area contributed by atoms with Crippen LogP contribution in [0.5, 0.6) is 0 Å². The van der Waals surface area contributed by atoms with Gasteiger partial charge < -0.3 is 10.0 Å². The van der Waals surface area contributed by atoms with Crippen molar-refractivity contribution in [1.29, 1.82) is 0 Å². The maximum absolute atomic E-state index is 10.4. The van der Waals surface area contributed by atoms with E-state index >= 15 is 0 Å². The van der Waals surface area contributed by atoms with Crippen LogP contribution in [-0.4, -0.2) is 34.9 Å². The highest BCUT2D eigenvalue weighted by Gasteiger charge is 2.07. The summed E-state index contributed by atoms with van der Waals surface area (Å²) < 4.78 is 0. The average Bonchev–Trinajstić information content (AvgIpc) is 2.26. The first kappa shape index (κ1) is 12.4. The normalized spacial score (nSPS) is 10.5. The summed E-state index contributed by atoms with van der Waals surface area (Å²) in [6, 6.07) is 3.79. The maximum atomic E-state index is 10.4. The van der Waals surface area contributed by atoms with E-state index in [1.807, 2.05) is 19.2 Å². The summed E-state index contributed by atoms with van der Waals surface area (Å²) in [7, 11) is 1.81. The molecule has 1 N–H and O–H groups in total. The molecule has 0 radical (unpaired) electrons. The van der Waals surface area contributed by atoms with Crippen LogP contribution < -0.4 is 4.90 Å². The minimum atomic E-state index is -0.807. The molecule has 88 valence electrons. The van der Waals surface area contributed by atoms with Gasteiger partial charge >= 0.3 is 5.97 Å². The van der Waals surface area contributed by atoms with Crippen molar-refractivity contribution in [3.63, 3.8) is 0 Å². The molecule has 0 saturated heterocycles. The molecule has 0 aliphatic heterocycles. The molecule has 1 heterocycles. The van der Waals surface area contributed by atoms with E-state index in [0.29, 0.717) is 18.3 Å². The quantitative estimate of drug-likeness (QED) is 0.819. The zero-order valence-electron chi connectivity index (χ0n) is 9.84. The highest BCUT2D eigenvalue weighted by molar-refractivity contribution is 5.67. The van der Waals surface area contributed by atoms with Gasteiger partial charge in [-0.05, 0) is 18.1 Å². The second-order valence-corrected chi connectivity index (χ2v) is 4.04. The molecule has 1 aromatic heterocycles. The first-order valence-electron chi connectivity index (χ1n) is 5.27. The van der Waals surface area contributed by atoms with E-state index < -0.39 is 5.97 Å². The number of hydrogen-bond acceptors (Lipinski definition) is 4. The number of aromatic nitrogens is 2.